The van der Waals surface area contributed by atoms with Crippen LogP contribution >= 0.6 is 0 Å². The van der Waals surface area contributed by atoms with E-state index in [0.29, 0.717) is 18.0 Å². The summed E-state index contributed by atoms with van der Waals surface area (Å²) in [7, 11) is -3.46. The van der Waals surface area contributed by atoms with Crippen LogP contribution in [0.2, 0.25) is 0 Å². The van der Waals surface area contributed by atoms with E-state index >= 15 is 0 Å². The normalized spacial score (nSPS) is 17.0. The Morgan fingerprint density at radius 3 is 2.28 bits per heavy atom. The highest BCUT2D eigenvalue weighted by Crippen LogP contribution is 2.26. The van der Waals surface area contributed by atoms with E-state index < -0.39 is 10.0 Å². The molecule has 0 saturated carbocycles. The van der Waals surface area contributed by atoms with Crippen molar-refractivity contribution >= 4 is 10.0 Å². The SMILES string of the molecule is O=S(=O)(c1ccc(-n2cccc2)cc1)N1CCC(n2cncn2)CC1. The van der Waals surface area contributed by atoms with E-state index in [0.717, 1.165) is 18.5 Å². The van der Waals surface area contributed by atoms with Gasteiger partial charge in [0.2, 0.25) is 10.0 Å². The van der Waals surface area contributed by atoms with E-state index in [1.165, 1.54) is 6.33 Å². The fourth-order valence-corrected chi connectivity index (χ4v) is 4.67. The monoisotopic (exact) mass is 357 g/mol. The van der Waals surface area contributed by atoms with Gasteiger partial charge in [-0.1, -0.05) is 0 Å². The van der Waals surface area contributed by atoms with Crippen LogP contribution in [0.1, 0.15) is 18.9 Å². The van der Waals surface area contributed by atoms with Crippen molar-refractivity contribution in [3.63, 3.8) is 0 Å². The Kier molecular flexibility index (Phi) is 4.14. The van der Waals surface area contributed by atoms with Crippen molar-refractivity contribution < 1.29 is 8.42 Å². The molecule has 0 bridgehead atoms. The number of hydrogen-bond donors (Lipinski definition) is 0. The minimum absolute atomic E-state index is 0.213. The van der Waals surface area contributed by atoms with Gasteiger partial charge in [0.25, 0.3) is 0 Å². The molecule has 0 spiro atoms. The van der Waals surface area contributed by atoms with Gasteiger partial charge in [0.05, 0.1) is 10.9 Å². The molecule has 0 N–H and O–H groups in total. The molecule has 1 saturated heterocycles. The molecule has 25 heavy (non-hydrogen) atoms. The van der Waals surface area contributed by atoms with Crippen LogP contribution in [0.25, 0.3) is 5.69 Å². The van der Waals surface area contributed by atoms with Crippen molar-refractivity contribution in [3.8, 4) is 5.69 Å². The zero-order valence-electron chi connectivity index (χ0n) is 13.6. The molecule has 2 aromatic heterocycles. The van der Waals surface area contributed by atoms with Gasteiger partial charge in [-0.05, 0) is 49.2 Å². The molecule has 3 heterocycles. The first-order chi connectivity index (χ1) is 12.1. The molecule has 7 nitrogen and oxygen atoms in total. The maximum Gasteiger partial charge on any atom is 0.243 e. The van der Waals surface area contributed by atoms with Crippen LogP contribution in [0.15, 0.2) is 66.3 Å². The lowest BCUT2D eigenvalue weighted by molar-refractivity contribution is 0.260. The Hall–Kier alpha value is -2.45. The fourth-order valence-electron chi connectivity index (χ4n) is 3.20. The summed E-state index contributed by atoms with van der Waals surface area (Å²) in [6.45, 7) is 0.985. The summed E-state index contributed by atoms with van der Waals surface area (Å²) in [5, 5.41) is 4.15. The predicted octanol–water partition coefficient (Wildman–Crippen LogP) is 2.09. The second-order valence-electron chi connectivity index (χ2n) is 6.09. The Bertz CT molecular complexity index is 910. The van der Waals surface area contributed by atoms with E-state index in [1.54, 1.807) is 22.8 Å². The molecule has 1 aliphatic rings. The standard InChI is InChI=1S/C17H19N5O2S/c23-25(24,17-5-3-15(4-6-17)20-9-1-2-10-20)21-11-7-16(8-12-21)22-14-18-13-19-22/h1-6,9-10,13-14,16H,7-8,11-12H2. The van der Waals surface area contributed by atoms with Crippen LogP contribution in [0.4, 0.5) is 0 Å². The van der Waals surface area contributed by atoms with Crippen molar-refractivity contribution in [1.29, 1.82) is 0 Å². The maximum atomic E-state index is 12.9. The van der Waals surface area contributed by atoms with Crippen molar-refractivity contribution in [2.45, 2.75) is 23.8 Å². The molecule has 4 rings (SSSR count). The first-order valence-electron chi connectivity index (χ1n) is 8.22. The molecule has 0 amide bonds. The molecular weight excluding hydrogens is 338 g/mol. The van der Waals surface area contributed by atoms with Crippen LogP contribution in [-0.2, 0) is 10.0 Å². The second kappa shape index (κ2) is 6.45. The highest BCUT2D eigenvalue weighted by atomic mass is 32.2. The zero-order valence-corrected chi connectivity index (χ0v) is 14.5. The minimum atomic E-state index is -3.46. The first kappa shape index (κ1) is 16.0. The van der Waals surface area contributed by atoms with Crippen LogP contribution < -0.4 is 0 Å². The molecule has 0 aliphatic carbocycles. The molecule has 0 radical (unpaired) electrons. The average Bonchev–Trinajstić information content (AvgIpc) is 3.36. The number of hydrogen-bond acceptors (Lipinski definition) is 4. The number of sulfonamides is 1. The third kappa shape index (κ3) is 3.10. The largest absolute Gasteiger partial charge is 0.324 e. The lowest BCUT2D eigenvalue weighted by atomic mass is 10.1. The third-order valence-electron chi connectivity index (χ3n) is 4.61. The summed E-state index contributed by atoms with van der Waals surface area (Å²) < 4.78 is 31.0. The summed E-state index contributed by atoms with van der Waals surface area (Å²) in [6.07, 6.45) is 8.54. The van der Waals surface area contributed by atoms with Crippen LogP contribution in [-0.4, -0.2) is 45.1 Å². The van der Waals surface area contributed by atoms with Crippen LogP contribution in [0, 0.1) is 0 Å². The number of aromatic nitrogens is 4. The molecule has 3 aromatic rings. The number of piperidine rings is 1. The van der Waals surface area contributed by atoms with Gasteiger partial charge in [-0.25, -0.2) is 18.1 Å². The number of nitrogens with zero attached hydrogens (tertiary/aromatic N) is 5. The van der Waals surface area contributed by atoms with Gasteiger partial charge in [0.15, 0.2) is 0 Å². The molecule has 0 unspecified atom stereocenters. The lowest BCUT2D eigenvalue weighted by Gasteiger charge is -2.31. The number of benzene rings is 1. The minimum Gasteiger partial charge on any atom is -0.324 e. The Morgan fingerprint density at radius 1 is 1.00 bits per heavy atom. The van der Waals surface area contributed by atoms with Gasteiger partial charge in [0, 0.05) is 31.2 Å². The molecule has 0 atom stereocenters. The van der Waals surface area contributed by atoms with Gasteiger partial charge < -0.3 is 4.57 Å². The van der Waals surface area contributed by atoms with Crippen molar-refractivity contribution in [2.75, 3.05) is 13.1 Å². The van der Waals surface area contributed by atoms with Crippen LogP contribution in [0.3, 0.4) is 0 Å². The summed E-state index contributed by atoms with van der Waals surface area (Å²) >= 11 is 0. The molecule has 1 aromatic carbocycles. The van der Waals surface area contributed by atoms with Crippen molar-refractivity contribution in [3.05, 3.63) is 61.4 Å². The van der Waals surface area contributed by atoms with Crippen molar-refractivity contribution in [1.82, 2.24) is 23.6 Å². The molecule has 8 heteroatoms. The van der Waals surface area contributed by atoms with E-state index in [1.807, 2.05) is 45.9 Å². The summed E-state index contributed by atoms with van der Waals surface area (Å²) in [5.41, 5.74) is 0.939. The molecular formula is C17H19N5O2S. The Labute approximate surface area is 146 Å². The molecule has 1 fully saturated rings. The second-order valence-corrected chi connectivity index (χ2v) is 8.03. The van der Waals surface area contributed by atoms with E-state index in [2.05, 4.69) is 10.1 Å². The van der Waals surface area contributed by atoms with Gasteiger partial charge in [-0.15, -0.1) is 0 Å². The topological polar surface area (TPSA) is 73.0 Å². The molecule has 130 valence electrons. The summed E-state index contributed by atoms with van der Waals surface area (Å²) in [6, 6.07) is 11.1. The maximum absolute atomic E-state index is 12.9. The highest BCUT2D eigenvalue weighted by Gasteiger charge is 2.30. The van der Waals surface area contributed by atoms with Gasteiger partial charge in [-0.3, -0.25) is 0 Å². The van der Waals surface area contributed by atoms with E-state index in [9.17, 15) is 8.42 Å². The van der Waals surface area contributed by atoms with Gasteiger partial charge >= 0.3 is 0 Å². The quantitative estimate of drug-likeness (QED) is 0.717. The average molecular weight is 357 g/mol. The van der Waals surface area contributed by atoms with Crippen molar-refractivity contribution in [2.24, 2.45) is 0 Å². The first-order valence-corrected chi connectivity index (χ1v) is 9.66. The van der Waals surface area contributed by atoms with E-state index in [-0.39, 0.29) is 6.04 Å². The Balaban J connectivity index is 1.48. The van der Waals surface area contributed by atoms with E-state index in [4.69, 9.17) is 0 Å². The summed E-state index contributed by atoms with van der Waals surface area (Å²) in [5.74, 6) is 0. The summed E-state index contributed by atoms with van der Waals surface area (Å²) in [4.78, 5) is 4.30. The molecule has 1 aliphatic heterocycles. The van der Waals surface area contributed by atoms with Gasteiger partial charge in [-0.2, -0.15) is 9.40 Å². The number of rotatable bonds is 4. The lowest BCUT2D eigenvalue weighted by Crippen LogP contribution is -2.39. The predicted molar refractivity (Wildman–Crippen MR) is 92.8 cm³/mol. The fraction of sp³-hybridized carbons (Fsp3) is 0.294. The van der Waals surface area contributed by atoms with Gasteiger partial charge in [0.1, 0.15) is 12.7 Å². The third-order valence-corrected chi connectivity index (χ3v) is 6.52. The van der Waals surface area contributed by atoms with Crippen LogP contribution in [0.5, 0.6) is 0 Å². The highest BCUT2D eigenvalue weighted by molar-refractivity contribution is 7.89. The smallest absolute Gasteiger partial charge is 0.243 e. The zero-order chi connectivity index (χ0) is 17.3. The Morgan fingerprint density at radius 2 is 1.68 bits per heavy atom.